The van der Waals surface area contributed by atoms with E-state index in [0.29, 0.717) is 5.69 Å². The summed E-state index contributed by atoms with van der Waals surface area (Å²) in [5.41, 5.74) is 1.29. The van der Waals surface area contributed by atoms with Gasteiger partial charge in [-0.2, -0.15) is 0 Å². The molecule has 20 heavy (non-hydrogen) atoms. The molecule has 104 valence electrons. The van der Waals surface area contributed by atoms with Crippen molar-refractivity contribution >= 4 is 28.6 Å². The zero-order valence-corrected chi connectivity index (χ0v) is 10.4. The fourth-order valence-corrected chi connectivity index (χ4v) is 1.66. The number of amides is 2. The minimum Gasteiger partial charge on any atom is -0.480 e. The molecular weight excluding hydrogens is 262 g/mol. The van der Waals surface area contributed by atoms with Gasteiger partial charge >= 0.3 is 12.0 Å². The standard InChI is InChI=1S/C13H13N3O4/c17-7-11(12(18)19)16-13(20)15-9-3-4-10-8(6-9)2-1-5-14-10/h1-6,11,17H,7H2,(H,18,19)(H2,15,16,20). The first kappa shape index (κ1) is 13.8. The Kier molecular flexibility index (Phi) is 4.11. The Labute approximate surface area is 114 Å². The summed E-state index contributed by atoms with van der Waals surface area (Å²) >= 11 is 0. The number of nitrogens with one attached hydrogen (secondary N) is 2. The van der Waals surface area contributed by atoms with Crippen molar-refractivity contribution in [2.45, 2.75) is 6.04 Å². The van der Waals surface area contributed by atoms with E-state index in [1.807, 2.05) is 6.07 Å². The molecule has 0 aliphatic heterocycles. The molecule has 0 aliphatic carbocycles. The summed E-state index contributed by atoms with van der Waals surface area (Å²) in [5.74, 6) is -1.30. The summed E-state index contributed by atoms with van der Waals surface area (Å²) in [7, 11) is 0. The van der Waals surface area contributed by atoms with Crippen LogP contribution in [-0.2, 0) is 4.79 Å². The number of hydrogen-bond donors (Lipinski definition) is 4. The minimum atomic E-state index is -1.34. The lowest BCUT2D eigenvalue weighted by Gasteiger charge is -2.12. The Morgan fingerprint density at radius 2 is 2.10 bits per heavy atom. The number of aromatic nitrogens is 1. The van der Waals surface area contributed by atoms with Gasteiger partial charge in [0.1, 0.15) is 0 Å². The van der Waals surface area contributed by atoms with E-state index in [1.165, 1.54) is 0 Å². The molecule has 1 aromatic carbocycles. The number of carboxylic acids is 1. The predicted octanol–water partition coefficient (Wildman–Crippen LogP) is 0.802. The van der Waals surface area contributed by atoms with Crippen LogP contribution < -0.4 is 10.6 Å². The monoisotopic (exact) mass is 275 g/mol. The molecular formula is C13H13N3O4. The van der Waals surface area contributed by atoms with Gasteiger partial charge in [0, 0.05) is 17.3 Å². The topological polar surface area (TPSA) is 112 Å². The molecule has 1 aromatic heterocycles. The van der Waals surface area contributed by atoms with Gasteiger partial charge in [0.2, 0.25) is 0 Å². The maximum absolute atomic E-state index is 11.6. The Hall–Kier alpha value is -2.67. The number of aliphatic hydroxyl groups excluding tert-OH is 1. The maximum atomic E-state index is 11.6. The van der Waals surface area contributed by atoms with Gasteiger partial charge in [0.25, 0.3) is 0 Å². The summed E-state index contributed by atoms with van der Waals surface area (Å²) in [6, 6.07) is 6.70. The van der Waals surface area contributed by atoms with E-state index < -0.39 is 24.6 Å². The van der Waals surface area contributed by atoms with Gasteiger partial charge in [-0.1, -0.05) is 6.07 Å². The first-order valence-electron chi connectivity index (χ1n) is 5.86. The number of urea groups is 1. The average Bonchev–Trinajstić information content (AvgIpc) is 2.44. The number of carboxylic acid groups (broad SMARTS) is 1. The van der Waals surface area contributed by atoms with Crippen molar-refractivity contribution in [1.29, 1.82) is 0 Å². The van der Waals surface area contributed by atoms with Crippen LogP contribution in [-0.4, -0.2) is 39.8 Å². The Balaban J connectivity index is 2.07. The zero-order chi connectivity index (χ0) is 14.5. The summed E-state index contributed by atoms with van der Waals surface area (Å²) in [5, 5.41) is 23.0. The molecule has 7 nitrogen and oxygen atoms in total. The molecule has 2 amide bonds. The van der Waals surface area contributed by atoms with Crippen LogP contribution in [0.4, 0.5) is 10.5 Å². The van der Waals surface area contributed by atoms with E-state index in [1.54, 1.807) is 30.5 Å². The number of nitrogens with zero attached hydrogens (tertiary/aromatic N) is 1. The SMILES string of the molecule is O=C(Nc1ccc2ncccc2c1)NC(CO)C(=O)O. The summed E-state index contributed by atoms with van der Waals surface area (Å²) in [4.78, 5) is 26.4. The highest BCUT2D eigenvalue weighted by Crippen LogP contribution is 2.16. The number of aliphatic hydroxyl groups is 1. The van der Waals surface area contributed by atoms with E-state index in [9.17, 15) is 9.59 Å². The van der Waals surface area contributed by atoms with Gasteiger partial charge in [0.05, 0.1) is 12.1 Å². The molecule has 0 saturated carbocycles. The van der Waals surface area contributed by atoms with Gasteiger partial charge in [-0.25, -0.2) is 9.59 Å². The second-order valence-corrected chi connectivity index (χ2v) is 4.08. The lowest BCUT2D eigenvalue weighted by molar-refractivity contribution is -0.140. The fourth-order valence-electron chi connectivity index (χ4n) is 1.66. The molecule has 1 heterocycles. The van der Waals surface area contributed by atoms with Crippen LogP contribution >= 0.6 is 0 Å². The van der Waals surface area contributed by atoms with Gasteiger partial charge in [-0.05, 0) is 24.3 Å². The van der Waals surface area contributed by atoms with Gasteiger partial charge < -0.3 is 20.8 Å². The first-order chi connectivity index (χ1) is 9.60. The highest BCUT2D eigenvalue weighted by Gasteiger charge is 2.18. The van der Waals surface area contributed by atoms with Crippen LogP contribution in [0.3, 0.4) is 0 Å². The molecule has 0 fully saturated rings. The lowest BCUT2D eigenvalue weighted by Crippen LogP contribution is -2.45. The highest BCUT2D eigenvalue weighted by molar-refractivity contribution is 5.94. The van der Waals surface area contributed by atoms with Crippen LogP contribution in [0.1, 0.15) is 0 Å². The lowest BCUT2D eigenvalue weighted by atomic mass is 10.2. The number of hydrogen-bond acceptors (Lipinski definition) is 4. The Bertz CT molecular complexity index is 644. The number of anilines is 1. The number of aliphatic carboxylic acids is 1. The predicted molar refractivity (Wildman–Crippen MR) is 72.4 cm³/mol. The van der Waals surface area contributed by atoms with Crippen LogP contribution in [0.2, 0.25) is 0 Å². The molecule has 0 spiro atoms. The molecule has 1 atom stereocenters. The number of carbonyl (C=O) groups is 2. The summed E-state index contributed by atoms with van der Waals surface area (Å²) in [6.45, 7) is -0.676. The summed E-state index contributed by atoms with van der Waals surface area (Å²) in [6.07, 6.45) is 1.67. The van der Waals surface area contributed by atoms with E-state index >= 15 is 0 Å². The largest absolute Gasteiger partial charge is 0.480 e. The smallest absolute Gasteiger partial charge is 0.328 e. The van der Waals surface area contributed by atoms with Crippen LogP contribution in [0.5, 0.6) is 0 Å². The van der Waals surface area contributed by atoms with Crippen molar-refractivity contribution in [3.63, 3.8) is 0 Å². The molecule has 2 rings (SSSR count). The van der Waals surface area contributed by atoms with Gasteiger partial charge in [-0.15, -0.1) is 0 Å². The molecule has 0 saturated heterocycles. The summed E-state index contributed by atoms with van der Waals surface area (Å²) < 4.78 is 0. The molecule has 1 unspecified atom stereocenters. The molecule has 2 aromatic rings. The Morgan fingerprint density at radius 3 is 2.80 bits per heavy atom. The second-order valence-electron chi connectivity index (χ2n) is 4.08. The van der Waals surface area contributed by atoms with Gasteiger partial charge in [0.15, 0.2) is 6.04 Å². The minimum absolute atomic E-state index is 0.505. The highest BCUT2D eigenvalue weighted by atomic mass is 16.4. The number of benzene rings is 1. The van der Waals surface area contributed by atoms with Crippen molar-refractivity contribution in [2.24, 2.45) is 0 Å². The second kappa shape index (κ2) is 5.98. The average molecular weight is 275 g/mol. The van der Waals surface area contributed by atoms with Crippen molar-refractivity contribution in [2.75, 3.05) is 11.9 Å². The molecule has 7 heteroatoms. The van der Waals surface area contributed by atoms with Crippen molar-refractivity contribution < 1.29 is 19.8 Å². The maximum Gasteiger partial charge on any atom is 0.328 e. The van der Waals surface area contributed by atoms with E-state index in [0.717, 1.165) is 10.9 Å². The number of carbonyl (C=O) groups excluding carboxylic acids is 1. The third kappa shape index (κ3) is 3.21. The molecule has 0 radical (unpaired) electrons. The molecule has 4 N–H and O–H groups in total. The van der Waals surface area contributed by atoms with Crippen LogP contribution in [0.25, 0.3) is 10.9 Å². The third-order valence-corrected chi connectivity index (χ3v) is 2.65. The molecule has 0 bridgehead atoms. The van der Waals surface area contributed by atoms with Crippen molar-refractivity contribution in [1.82, 2.24) is 10.3 Å². The number of rotatable bonds is 4. The zero-order valence-electron chi connectivity index (χ0n) is 10.4. The fraction of sp³-hybridized carbons (Fsp3) is 0.154. The van der Waals surface area contributed by atoms with Crippen molar-refractivity contribution in [3.05, 3.63) is 36.5 Å². The van der Waals surface area contributed by atoms with Crippen LogP contribution in [0, 0.1) is 0 Å². The third-order valence-electron chi connectivity index (χ3n) is 2.65. The quantitative estimate of drug-likeness (QED) is 0.659. The number of pyridine rings is 1. The Morgan fingerprint density at radius 1 is 1.30 bits per heavy atom. The van der Waals surface area contributed by atoms with Crippen molar-refractivity contribution in [3.8, 4) is 0 Å². The number of fused-ring (bicyclic) bond motifs is 1. The normalized spacial score (nSPS) is 11.8. The van der Waals surface area contributed by atoms with E-state index in [4.69, 9.17) is 10.2 Å². The van der Waals surface area contributed by atoms with E-state index in [-0.39, 0.29) is 0 Å². The van der Waals surface area contributed by atoms with Gasteiger partial charge in [-0.3, -0.25) is 4.98 Å². The molecule has 0 aliphatic rings. The van der Waals surface area contributed by atoms with Crippen LogP contribution in [0.15, 0.2) is 36.5 Å². The first-order valence-corrected chi connectivity index (χ1v) is 5.86. The van der Waals surface area contributed by atoms with E-state index in [2.05, 4.69) is 15.6 Å².